The number of nitrogens with one attached hydrogen (secondary N) is 3. The fraction of sp³-hybridized carbons (Fsp3) is 0.200. The van der Waals surface area contributed by atoms with Crippen LogP contribution in [0.25, 0.3) is 44.7 Å². The van der Waals surface area contributed by atoms with E-state index in [1.165, 1.54) is 0 Å². The number of aromatic nitrogens is 7. The molecule has 1 aromatic carbocycles. The van der Waals surface area contributed by atoms with Crippen molar-refractivity contribution in [2.75, 3.05) is 43.4 Å². The Morgan fingerprint density at radius 3 is 2.61 bits per heavy atom. The van der Waals surface area contributed by atoms with Crippen molar-refractivity contribution < 1.29 is 4.79 Å². The molecule has 11 heteroatoms. The highest BCUT2D eigenvalue weighted by molar-refractivity contribution is 5.96. The quantitative estimate of drug-likeness (QED) is 0.288. The minimum Gasteiger partial charge on any atom is -0.366 e. The molecule has 204 valence electrons. The molecule has 7 rings (SSSR count). The van der Waals surface area contributed by atoms with Gasteiger partial charge in [0.1, 0.15) is 11.2 Å². The van der Waals surface area contributed by atoms with Crippen LogP contribution in [0.5, 0.6) is 0 Å². The molecule has 3 N–H and O–H groups in total. The number of carbonyl (C=O) groups is 1. The number of pyridine rings is 3. The first-order chi connectivity index (χ1) is 20.1. The molecule has 0 radical (unpaired) electrons. The molecule has 0 saturated carbocycles. The molecule has 6 heterocycles. The van der Waals surface area contributed by atoms with Crippen LogP contribution >= 0.6 is 0 Å². The van der Waals surface area contributed by atoms with Crippen molar-refractivity contribution in [2.24, 2.45) is 0 Å². The number of likely N-dealkylation sites (N-methyl/N-ethyl adjacent to an activating group) is 1. The average molecular weight is 545 g/mol. The van der Waals surface area contributed by atoms with Gasteiger partial charge in [-0.1, -0.05) is 30.3 Å². The molecule has 5 aromatic heterocycles. The van der Waals surface area contributed by atoms with E-state index in [1.807, 2.05) is 48.7 Å². The van der Waals surface area contributed by atoms with Gasteiger partial charge in [0.15, 0.2) is 11.5 Å². The smallest absolute Gasteiger partial charge is 0.228 e. The monoisotopic (exact) mass is 544 g/mol. The van der Waals surface area contributed by atoms with E-state index in [4.69, 9.17) is 4.98 Å². The van der Waals surface area contributed by atoms with Crippen molar-refractivity contribution in [3.8, 4) is 22.6 Å². The van der Waals surface area contributed by atoms with Crippen molar-refractivity contribution >= 4 is 39.3 Å². The summed E-state index contributed by atoms with van der Waals surface area (Å²) in [6, 6.07) is 13.6. The minimum absolute atomic E-state index is 0.101. The number of hydrogen-bond acceptors (Lipinski definition) is 8. The molecule has 0 bridgehead atoms. The van der Waals surface area contributed by atoms with E-state index < -0.39 is 0 Å². The first-order valence-electron chi connectivity index (χ1n) is 13.5. The van der Waals surface area contributed by atoms with Gasteiger partial charge in [-0.05, 0) is 24.7 Å². The standard InChI is InChI=1S/C30H28N10O/c1-39-7-9-40(10-8-39)25-18-32-17-24-28(25)36-30(35-24)27-23-13-21(15-33-29(23)38-37-27)20-12-22(16-31-14-20)34-26(41)11-19-5-3-2-4-6-19/h2-6,12-18H,7-11H2,1H3,(H,34,41)(H,35,36)(H,33,37,38). The normalized spacial score (nSPS) is 14.1. The Hall–Kier alpha value is -5.16. The molecule has 0 atom stereocenters. The Balaban J connectivity index is 1.18. The summed E-state index contributed by atoms with van der Waals surface area (Å²) in [7, 11) is 2.14. The zero-order valence-corrected chi connectivity index (χ0v) is 22.5. The lowest BCUT2D eigenvalue weighted by Crippen LogP contribution is -2.44. The van der Waals surface area contributed by atoms with E-state index in [0.29, 0.717) is 23.6 Å². The number of imidazole rings is 1. The number of aromatic amines is 2. The van der Waals surface area contributed by atoms with Crippen molar-refractivity contribution in [2.45, 2.75) is 6.42 Å². The highest BCUT2D eigenvalue weighted by Gasteiger charge is 2.20. The van der Waals surface area contributed by atoms with Gasteiger partial charge in [-0.2, -0.15) is 5.10 Å². The van der Waals surface area contributed by atoms with Gasteiger partial charge in [-0.25, -0.2) is 9.97 Å². The van der Waals surface area contributed by atoms with E-state index in [2.05, 4.69) is 52.3 Å². The summed E-state index contributed by atoms with van der Waals surface area (Å²) in [5.74, 6) is 0.570. The van der Waals surface area contributed by atoms with E-state index >= 15 is 0 Å². The Kier molecular flexibility index (Phi) is 6.32. The highest BCUT2D eigenvalue weighted by Crippen LogP contribution is 2.32. The Morgan fingerprint density at radius 2 is 1.76 bits per heavy atom. The van der Waals surface area contributed by atoms with Crippen LogP contribution in [0.3, 0.4) is 0 Å². The molecule has 1 aliphatic rings. The van der Waals surface area contributed by atoms with Gasteiger partial charge in [0.2, 0.25) is 5.91 Å². The van der Waals surface area contributed by atoms with Crippen molar-refractivity contribution in [1.29, 1.82) is 0 Å². The van der Waals surface area contributed by atoms with Gasteiger partial charge < -0.3 is 20.1 Å². The summed E-state index contributed by atoms with van der Waals surface area (Å²) in [4.78, 5) is 39.1. The molecular weight excluding hydrogens is 516 g/mol. The number of amides is 1. The second-order valence-corrected chi connectivity index (χ2v) is 10.3. The zero-order valence-electron chi connectivity index (χ0n) is 22.5. The molecule has 1 saturated heterocycles. The van der Waals surface area contributed by atoms with Crippen LogP contribution < -0.4 is 10.2 Å². The fourth-order valence-electron chi connectivity index (χ4n) is 5.21. The largest absolute Gasteiger partial charge is 0.366 e. The molecule has 41 heavy (non-hydrogen) atoms. The number of H-pyrrole nitrogens is 2. The third kappa shape index (κ3) is 4.98. The maximum atomic E-state index is 12.6. The lowest BCUT2D eigenvalue weighted by Gasteiger charge is -2.33. The van der Waals surface area contributed by atoms with Gasteiger partial charge in [-0.3, -0.25) is 19.9 Å². The van der Waals surface area contributed by atoms with Gasteiger partial charge in [0.05, 0.1) is 47.3 Å². The number of hydrogen-bond donors (Lipinski definition) is 3. The van der Waals surface area contributed by atoms with Crippen molar-refractivity contribution in [1.82, 2.24) is 40.0 Å². The van der Waals surface area contributed by atoms with Gasteiger partial charge in [-0.15, -0.1) is 0 Å². The van der Waals surface area contributed by atoms with Crippen molar-refractivity contribution in [3.63, 3.8) is 0 Å². The fourth-order valence-corrected chi connectivity index (χ4v) is 5.21. The summed E-state index contributed by atoms with van der Waals surface area (Å²) in [5.41, 5.74) is 7.36. The first-order valence-corrected chi connectivity index (χ1v) is 13.5. The molecule has 1 amide bonds. The van der Waals surface area contributed by atoms with Gasteiger partial charge >= 0.3 is 0 Å². The number of piperazine rings is 1. The zero-order chi connectivity index (χ0) is 27.8. The SMILES string of the molecule is CN1CCN(c2cncc3[nH]c(-c4[nH]nc5ncc(-c6cncc(NC(=O)Cc7ccccc7)c6)cc45)nc23)CC1. The van der Waals surface area contributed by atoms with Crippen LogP contribution in [0.4, 0.5) is 11.4 Å². The third-order valence-electron chi connectivity index (χ3n) is 7.43. The van der Waals surface area contributed by atoms with Gasteiger partial charge in [0, 0.05) is 49.7 Å². The Bertz CT molecular complexity index is 1850. The second-order valence-electron chi connectivity index (χ2n) is 10.3. The predicted molar refractivity (Wildman–Crippen MR) is 158 cm³/mol. The Morgan fingerprint density at radius 1 is 0.951 bits per heavy atom. The van der Waals surface area contributed by atoms with Gasteiger partial charge in [0.25, 0.3) is 0 Å². The molecule has 1 aliphatic heterocycles. The second kappa shape index (κ2) is 10.4. The summed E-state index contributed by atoms with van der Waals surface area (Å²) in [5, 5.41) is 11.3. The van der Waals surface area contributed by atoms with Crippen LogP contribution in [0.1, 0.15) is 5.56 Å². The molecule has 0 spiro atoms. The number of rotatable bonds is 6. The highest BCUT2D eigenvalue weighted by atomic mass is 16.1. The molecule has 1 fully saturated rings. The van der Waals surface area contributed by atoms with E-state index in [-0.39, 0.29) is 5.91 Å². The number of benzene rings is 1. The lowest BCUT2D eigenvalue weighted by molar-refractivity contribution is -0.115. The maximum Gasteiger partial charge on any atom is 0.228 e. The number of nitrogens with zero attached hydrogens (tertiary/aromatic N) is 7. The topological polar surface area (TPSA) is 132 Å². The van der Waals surface area contributed by atoms with Crippen LogP contribution in [0.15, 0.2) is 73.4 Å². The maximum absolute atomic E-state index is 12.6. The summed E-state index contributed by atoms with van der Waals surface area (Å²) in [6.07, 6.45) is 9.14. The summed E-state index contributed by atoms with van der Waals surface area (Å²) >= 11 is 0. The molecular formula is C30H28N10O. The number of carbonyl (C=O) groups excluding carboxylic acids is 1. The predicted octanol–water partition coefficient (Wildman–Crippen LogP) is 3.89. The van der Waals surface area contributed by atoms with E-state index in [1.54, 1.807) is 24.8 Å². The van der Waals surface area contributed by atoms with Crippen LogP contribution in [0, 0.1) is 0 Å². The minimum atomic E-state index is -0.101. The lowest BCUT2D eigenvalue weighted by atomic mass is 10.1. The Labute approximate surface area is 235 Å². The van der Waals surface area contributed by atoms with Crippen LogP contribution in [0.2, 0.25) is 0 Å². The third-order valence-corrected chi connectivity index (χ3v) is 7.43. The van der Waals surface area contributed by atoms with E-state index in [9.17, 15) is 4.79 Å². The average Bonchev–Trinajstić information content (AvgIpc) is 3.62. The summed E-state index contributed by atoms with van der Waals surface area (Å²) < 4.78 is 0. The first kappa shape index (κ1) is 24.9. The number of fused-ring (bicyclic) bond motifs is 2. The molecule has 11 nitrogen and oxygen atoms in total. The number of anilines is 2. The van der Waals surface area contributed by atoms with Crippen LogP contribution in [-0.4, -0.2) is 79.2 Å². The van der Waals surface area contributed by atoms with E-state index in [0.717, 1.165) is 70.7 Å². The molecule has 6 aromatic rings. The van der Waals surface area contributed by atoms with Crippen molar-refractivity contribution in [3.05, 3.63) is 79.0 Å². The molecule has 0 unspecified atom stereocenters. The summed E-state index contributed by atoms with van der Waals surface area (Å²) in [6.45, 7) is 3.86. The molecule has 0 aliphatic carbocycles. The van der Waals surface area contributed by atoms with Crippen LogP contribution in [-0.2, 0) is 11.2 Å².